The first-order valence-corrected chi connectivity index (χ1v) is 11.2. The number of ether oxygens (including phenoxy) is 1. The van der Waals surface area contributed by atoms with Gasteiger partial charge in [0, 0.05) is 48.4 Å². The topological polar surface area (TPSA) is 161 Å². The van der Waals surface area contributed by atoms with Gasteiger partial charge in [-0.15, -0.1) is 0 Å². The lowest BCUT2D eigenvalue weighted by Crippen LogP contribution is -2.04. The molecule has 11 nitrogen and oxygen atoms in total. The van der Waals surface area contributed by atoms with Gasteiger partial charge in [-0.05, 0) is 36.8 Å². The summed E-state index contributed by atoms with van der Waals surface area (Å²) in [4.78, 5) is 28.7. The lowest BCUT2D eigenvalue weighted by Gasteiger charge is -2.11. The maximum absolute atomic E-state index is 10.7. The number of nitrogens with one attached hydrogen (secondary N) is 2. The Hall–Kier alpha value is -4.93. The Morgan fingerprint density at radius 2 is 1.97 bits per heavy atom. The molecule has 0 spiro atoms. The van der Waals surface area contributed by atoms with E-state index in [-0.39, 0.29) is 13.0 Å². The normalized spacial score (nSPS) is 11.0. The van der Waals surface area contributed by atoms with Gasteiger partial charge in [0.15, 0.2) is 5.58 Å². The summed E-state index contributed by atoms with van der Waals surface area (Å²) in [6.45, 7) is 0.260. The van der Waals surface area contributed by atoms with Crippen LogP contribution in [0.3, 0.4) is 0 Å². The van der Waals surface area contributed by atoms with E-state index < -0.39 is 5.97 Å². The largest absolute Gasteiger partial charge is 0.481 e. The quantitative estimate of drug-likeness (QED) is 0.172. The zero-order valence-electron chi connectivity index (χ0n) is 19.4. The lowest BCUT2D eigenvalue weighted by molar-refractivity contribution is -0.137. The number of fused-ring (bicyclic) bond motifs is 2. The fraction of sp³-hybridized carbons (Fsp3) is 0.160. The Labute approximate surface area is 205 Å². The molecule has 5 aromatic rings. The first kappa shape index (κ1) is 22.8. The number of pyridine rings is 3. The van der Waals surface area contributed by atoms with Crippen LogP contribution in [0.5, 0.6) is 5.88 Å². The number of rotatable bonds is 9. The third-order valence-corrected chi connectivity index (χ3v) is 5.42. The highest BCUT2D eigenvalue weighted by Gasteiger charge is 2.16. The van der Waals surface area contributed by atoms with Gasteiger partial charge in [0.2, 0.25) is 11.8 Å². The number of nitrogens with zero attached hydrogens (tertiary/aromatic N) is 4. The predicted octanol–water partition coefficient (Wildman–Crippen LogP) is 4.44. The molecule has 0 bridgehead atoms. The van der Waals surface area contributed by atoms with Crippen molar-refractivity contribution >= 4 is 51.0 Å². The second kappa shape index (κ2) is 9.74. The van der Waals surface area contributed by atoms with Gasteiger partial charge in [0.1, 0.15) is 23.0 Å². The van der Waals surface area contributed by atoms with E-state index in [0.717, 1.165) is 10.8 Å². The van der Waals surface area contributed by atoms with Crippen molar-refractivity contribution in [1.82, 2.24) is 19.9 Å². The van der Waals surface area contributed by atoms with Crippen LogP contribution in [0.15, 0.2) is 59.3 Å². The molecule has 0 amide bonds. The molecular weight excluding hydrogens is 462 g/mol. The van der Waals surface area contributed by atoms with Crippen molar-refractivity contribution in [3.05, 3.63) is 54.9 Å². The number of aromatic nitrogens is 4. The number of carboxylic acids is 1. The van der Waals surface area contributed by atoms with E-state index in [2.05, 4.69) is 30.6 Å². The van der Waals surface area contributed by atoms with Gasteiger partial charge in [-0.3, -0.25) is 4.79 Å². The highest BCUT2D eigenvalue weighted by atomic mass is 16.5. The Morgan fingerprint density at radius 3 is 2.81 bits per heavy atom. The molecule has 0 aliphatic heterocycles. The summed E-state index contributed by atoms with van der Waals surface area (Å²) in [6.07, 6.45) is 3.86. The Morgan fingerprint density at radius 1 is 1.08 bits per heavy atom. The van der Waals surface area contributed by atoms with Crippen LogP contribution < -0.4 is 21.1 Å². The molecule has 0 aliphatic rings. The molecule has 0 saturated carbocycles. The zero-order valence-corrected chi connectivity index (χ0v) is 19.4. The van der Waals surface area contributed by atoms with Crippen LogP contribution in [-0.4, -0.2) is 44.7 Å². The van der Waals surface area contributed by atoms with Gasteiger partial charge in [0.05, 0.1) is 12.2 Å². The Balaban J connectivity index is 1.46. The molecule has 5 rings (SSSR count). The first-order chi connectivity index (χ1) is 17.5. The van der Waals surface area contributed by atoms with E-state index in [1.165, 1.54) is 0 Å². The number of anilines is 4. The van der Waals surface area contributed by atoms with E-state index in [1.807, 2.05) is 6.07 Å². The number of aliphatic carboxylic acids is 1. The second-order valence-electron chi connectivity index (χ2n) is 7.96. The van der Waals surface area contributed by atoms with Crippen molar-refractivity contribution in [2.45, 2.75) is 12.8 Å². The van der Waals surface area contributed by atoms with Crippen molar-refractivity contribution in [1.29, 1.82) is 0 Å². The van der Waals surface area contributed by atoms with Crippen LogP contribution >= 0.6 is 0 Å². The fourth-order valence-corrected chi connectivity index (χ4v) is 3.73. The SMILES string of the molecule is CNc1ncc(-c2nc3cc(N)ccc3o2)c2cc(Nc3cccc(OCCCC(=O)O)n3)ncc12. The van der Waals surface area contributed by atoms with Gasteiger partial charge in [0.25, 0.3) is 0 Å². The van der Waals surface area contributed by atoms with Crippen molar-refractivity contribution in [3.63, 3.8) is 0 Å². The van der Waals surface area contributed by atoms with Crippen molar-refractivity contribution in [2.75, 3.05) is 30.0 Å². The molecule has 4 heterocycles. The summed E-state index contributed by atoms with van der Waals surface area (Å²) in [6, 6.07) is 12.5. The lowest BCUT2D eigenvalue weighted by atomic mass is 10.1. The molecule has 0 unspecified atom stereocenters. The van der Waals surface area contributed by atoms with Gasteiger partial charge in [-0.1, -0.05) is 6.07 Å². The molecule has 36 heavy (non-hydrogen) atoms. The molecule has 182 valence electrons. The van der Waals surface area contributed by atoms with Crippen LogP contribution in [0.25, 0.3) is 33.3 Å². The van der Waals surface area contributed by atoms with Gasteiger partial charge < -0.3 is 30.6 Å². The van der Waals surface area contributed by atoms with Crippen LogP contribution in [-0.2, 0) is 4.79 Å². The molecule has 0 aliphatic carbocycles. The fourth-order valence-electron chi connectivity index (χ4n) is 3.73. The number of hydrogen-bond acceptors (Lipinski definition) is 10. The standard InChI is InChI=1S/C25H23N7O4/c1-27-24-16-12-28-21(31-20-4-2-5-22(32-20)35-9-3-6-23(33)34)11-15(16)17(13-29-24)25-30-18-10-14(26)7-8-19(18)36-25/h2,4-5,7-8,10-13H,3,6,9,26H2,1H3,(H,27,29)(H,33,34)(H,28,31,32). The highest BCUT2D eigenvalue weighted by Crippen LogP contribution is 2.34. The van der Waals surface area contributed by atoms with E-state index in [0.29, 0.717) is 58.0 Å². The molecule has 5 N–H and O–H groups in total. The molecule has 1 aromatic carbocycles. The second-order valence-corrected chi connectivity index (χ2v) is 7.96. The Kier molecular flexibility index (Phi) is 6.18. The average molecular weight is 486 g/mol. The van der Waals surface area contributed by atoms with Crippen LogP contribution in [0, 0.1) is 0 Å². The molecule has 0 atom stereocenters. The van der Waals surface area contributed by atoms with E-state index in [1.54, 1.807) is 55.8 Å². The summed E-state index contributed by atoms with van der Waals surface area (Å²) in [5, 5.41) is 16.7. The molecule has 0 fully saturated rings. The van der Waals surface area contributed by atoms with Crippen molar-refractivity contribution < 1.29 is 19.1 Å². The maximum atomic E-state index is 10.7. The summed E-state index contributed by atoms with van der Waals surface area (Å²) in [5.74, 6) is 1.69. The smallest absolute Gasteiger partial charge is 0.303 e. The zero-order chi connectivity index (χ0) is 25.1. The molecule has 11 heteroatoms. The minimum atomic E-state index is -0.859. The minimum Gasteiger partial charge on any atom is -0.481 e. The molecule has 0 saturated heterocycles. The van der Waals surface area contributed by atoms with Crippen LogP contribution in [0.1, 0.15) is 12.8 Å². The third-order valence-electron chi connectivity index (χ3n) is 5.42. The number of nitrogen functional groups attached to an aromatic ring is 1. The number of carboxylic acid groups (broad SMARTS) is 1. The van der Waals surface area contributed by atoms with E-state index in [4.69, 9.17) is 20.0 Å². The maximum Gasteiger partial charge on any atom is 0.303 e. The van der Waals surface area contributed by atoms with Gasteiger partial charge in [-0.25, -0.2) is 15.0 Å². The molecule has 0 radical (unpaired) electrons. The summed E-state index contributed by atoms with van der Waals surface area (Å²) < 4.78 is 11.6. The summed E-state index contributed by atoms with van der Waals surface area (Å²) in [7, 11) is 1.79. The number of oxazole rings is 1. The Bertz CT molecular complexity index is 1570. The van der Waals surface area contributed by atoms with Gasteiger partial charge >= 0.3 is 5.97 Å². The van der Waals surface area contributed by atoms with E-state index >= 15 is 0 Å². The van der Waals surface area contributed by atoms with Crippen LogP contribution in [0.4, 0.5) is 23.1 Å². The third kappa shape index (κ3) is 4.80. The number of carbonyl (C=O) groups is 1. The molecular formula is C25H23N7O4. The average Bonchev–Trinajstić information content (AvgIpc) is 3.29. The first-order valence-electron chi connectivity index (χ1n) is 11.2. The molecule has 4 aromatic heterocycles. The van der Waals surface area contributed by atoms with Gasteiger partial charge in [-0.2, -0.15) is 4.98 Å². The minimum absolute atomic E-state index is 0.0399. The van der Waals surface area contributed by atoms with E-state index in [9.17, 15) is 4.79 Å². The van der Waals surface area contributed by atoms with Crippen molar-refractivity contribution in [3.8, 4) is 17.3 Å². The number of hydrogen-bond donors (Lipinski definition) is 4. The number of benzene rings is 1. The summed E-state index contributed by atoms with van der Waals surface area (Å²) >= 11 is 0. The van der Waals surface area contributed by atoms with Crippen molar-refractivity contribution in [2.24, 2.45) is 0 Å². The number of nitrogens with two attached hydrogens (primary N) is 1. The van der Waals surface area contributed by atoms with Crippen LogP contribution in [0.2, 0.25) is 0 Å². The summed E-state index contributed by atoms with van der Waals surface area (Å²) in [5.41, 5.74) is 8.48. The highest BCUT2D eigenvalue weighted by molar-refractivity contribution is 6.01. The predicted molar refractivity (Wildman–Crippen MR) is 136 cm³/mol. The monoisotopic (exact) mass is 485 g/mol.